The standard InChI is InChI=1S/C22H24F2N4O3/c1-11(2)18-9-15(16-10-25-28(12(3)4)20(16)26-18)22(30)31-13(5)21(29)27-19-8-14(23)6-7-17(19)24/h6-13H,1-5H3,(H,27,29). The highest BCUT2D eigenvalue weighted by Crippen LogP contribution is 2.25. The van der Waals surface area contributed by atoms with Crippen molar-refractivity contribution in [3.8, 4) is 0 Å². The summed E-state index contributed by atoms with van der Waals surface area (Å²) in [7, 11) is 0. The number of benzene rings is 1. The third kappa shape index (κ3) is 4.70. The summed E-state index contributed by atoms with van der Waals surface area (Å²) in [6.07, 6.45) is 0.289. The number of esters is 1. The van der Waals surface area contributed by atoms with Crippen LogP contribution in [0.2, 0.25) is 0 Å². The van der Waals surface area contributed by atoms with E-state index in [1.165, 1.54) is 13.1 Å². The third-order valence-electron chi connectivity index (χ3n) is 4.73. The van der Waals surface area contributed by atoms with E-state index in [1.807, 2.05) is 27.7 Å². The predicted molar refractivity (Wildman–Crippen MR) is 112 cm³/mol. The van der Waals surface area contributed by atoms with Crippen molar-refractivity contribution < 1.29 is 23.1 Å². The van der Waals surface area contributed by atoms with Gasteiger partial charge in [-0.3, -0.25) is 4.79 Å². The zero-order valence-electron chi connectivity index (χ0n) is 17.9. The summed E-state index contributed by atoms with van der Waals surface area (Å²) in [4.78, 5) is 29.9. The fraction of sp³-hybridized carbons (Fsp3) is 0.364. The first-order valence-corrected chi connectivity index (χ1v) is 9.93. The number of fused-ring (bicyclic) bond motifs is 1. The van der Waals surface area contributed by atoms with Crippen LogP contribution in [0.25, 0.3) is 11.0 Å². The van der Waals surface area contributed by atoms with Crippen molar-refractivity contribution in [3.05, 3.63) is 53.4 Å². The van der Waals surface area contributed by atoms with Gasteiger partial charge < -0.3 is 10.1 Å². The van der Waals surface area contributed by atoms with Gasteiger partial charge in [0.15, 0.2) is 11.8 Å². The number of amides is 1. The molecule has 164 valence electrons. The molecule has 0 saturated carbocycles. The molecule has 0 saturated heterocycles. The number of halogens is 2. The molecule has 0 spiro atoms. The molecule has 3 aromatic rings. The molecule has 31 heavy (non-hydrogen) atoms. The van der Waals surface area contributed by atoms with Gasteiger partial charge in [0, 0.05) is 17.8 Å². The number of carbonyl (C=O) groups excluding carboxylic acids is 2. The van der Waals surface area contributed by atoms with Crippen LogP contribution < -0.4 is 5.32 Å². The minimum atomic E-state index is -1.25. The van der Waals surface area contributed by atoms with Crippen LogP contribution in [0.5, 0.6) is 0 Å². The number of nitrogens with zero attached hydrogens (tertiary/aromatic N) is 3. The zero-order chi connectivity index (χ0) is 22.9. The summed E-state index contributed by atoms with van der Waals surface area (Å²) < 4.78 is 34.1. The summed E-state index contributed by atoms with van der Waals surface area (Å²) >= 11 is 0. The molecule has 0 aliphatic heterocycles. The van der Waals surface area contributed by atoms with Gasteiger partial charge in [0.05, 0.1) is 22.8 Å². The van der Waals surface area contributed by atoms with E-state index in [4.69, 9.17) is 4.74 Å². The van der Waals surface area contributed by atoms with E-state index in [1.54, 1.807) is 10.7 Å². The Bertz CT molecular complexity index is 1140. The summed E-state index contributed by atoms with van der Waals surface area (Å²) in [5.41, 5.74) is 1.13. The Morgan fingerprint density at radius 3 is 2.45 bits per heavy atom. The fourth-order valence-electron chi connectivity index (χ4n) is 2.99. The lowest BCUT2D eigenvalue weighted by molar-refractivity contribution is -0.123. The Morgan fingerprint density at radius 2 is 1.81 bits per heavy atom. The average molecular weight is 430 g/mol. The average Bonchev–Trinajstić information content (AvgIpc) is 3.14. The topological polar surface area (TPSA) is 86.1 Å². The van der Waals surface area contributed by atoms with Crippen LogP contribution in [0.3, 0.4) is 0 Å². The molecule has 0 bridgehead atoms. The number of nitrogens with one attached hydrogen (secondary N) is 1. The largest absolute Gasteiger partial charge is 0.449 e. The highest BCUT2D eigenvalue weighted by Gasteiger charge is 2.24. The lowest BCUT2D eigenvalue weighted by Crippen LogP contribution is -2.30. The number of ether oxygens (including phenoxy) is 1. The number of aromatic nitrogens is 3. The monoisotopic (exact) mass is 430 g/mol. The molecule has 7 nitrogen and oxygen atoms in total. The molecular formula is C22H24F2N4O3. The predicted octanol–water partition coefficient (Wildman–Crippen LogP) is 4.60. The summed E-state index contributed by atoms with van der Waals surface area (Å²) in [5.74, 6) is -2.98. The molecule has 0 radical (unpaired) electrons. The molecule has 0 aliphatic rings. The number of anilines is 1. The zero-order valence-corrected chi connectivity index (χ0v) is 17.9. The quantitative estimate of drug-likeness (QED) is 0.578. The fourth-order valence-corrected chi connectivity index (χ4v) is 2.99. The Kier molecular flexibility index (Phi) is 6.33. The maximum absolute atomic E-state index is 13.8. The van der Waals surface area contributed by atoms with E-state index in [0.717, 1.165) is 18.2 Å². The Labute approximate surface area is 178 Å². The van der Waals surface area contributed by atoms with Crippen LogP contribution in [0.1, 0.15) is 62.6 Å². The van der Waals surface area contributed by atoms with Gasteiger partial charge in [-0.05, 0) is 44.9 Å². The lowest BCUT2D eigenvalue weighted by Gasteiger charge is -2.15. The molecule has 2 heterocycles. The van der Waals surface area contributed by atoms with Crippen LogP contribution in [-0.2, 0) is 9.53 Å². The van der Waals surface area contributed by atoms with E-state index < -0.39 is 29.6 Å². The molecule has 9 heteroatoms. The van der Waals surface area contributed by atoms with Gasteiger partial charge in [-0.1, -0.05) is 13.8 Å². The second-order valence-corrected chi connectivity index (χ2v) is 7.83. The van der Waals surface area contributed by atoms with Crippen molar-refractivity contribution in [1.82, 2.24) is 14.8 Å². The van der Waals surface area contributed by atoms with Crippen molar-refractivity contribution in [2.45, 2.75) is 52.7 Å². The molecule has 3 rings (SSSR count). The van der Waals surface area contributed by atoms with E-state index in [-0.39, 0.29) is 23.2 Å². The second kappa shape index (κ2) is 8.79. The van der Waals surface area contributed by atoms with Crippen molar-refractivity contribution in [1.29, 1.82) is 0 Å². The van der Waals surface area contributed by atoms with Crippen LogP contribution in [0.15, 0.2) is 30.5 Å². The molecule has 1 unspecified atom stereocenters. The molecule has 0 aliphatic carbocycles. The second-order valence-electron chi connectivity index (χ2n) is 7.83. The SMILES string of the molecule is CC(OC(=O)c1cc(C(C)C)nc2c1cnn2C(C)C)C(=O)Nc1cc(F)ccc1F. The van der Waals surface area contributed by atoms with Gasteiger partial charge in [0.2, 0.25) is 0 Å². The maximum Gasteiger partial charge on any atom is 0.339 e. The van der Waals surface area contributed by atoms with Crippen molar-refractivity contribution in [3.63, 3.8) is 0 Å². The van der Waals surface area contributed by atoms with Gasteiger partial charge in [-0.2, -0.15) is 5.10 Å². The summed E-state index contributed by atoms with van der Waals surface area (Å²) in [6, 6.07) is 4.34. The van der Waals surface area contributed by atoms with Gasteiger partial charge in [-0.15, -0.1) is 0 Å². The van der Waals surface area contributed by atoms with Gasteiger partial charge in [-0.25, -0.2) is 23.2 Å². The Balaban J connectivity index is 1.86. The minimum Gasteiger partial charge on any atom is -0.449 e. The van der Waals surface area contributed by atoms with Gasteiger partial charge in [0.1, 0.15) is 11.6 Å². The van der Waals surface area contributed by atoms with Crippen molar-refractivity contribution in [2.24, 2.45) is 0 Å². The molecular weight excluding hydrogens is 406 g/mol. The number of pyridine rings is 1. The highest BCUT2D eigenvalue weighted by atomic mass is 19.1. The third-order valence-corrected chi connectivity index (χ3v) is 4.73. The van der Waals surface area contributed by atoms with Crippen molar-refractivity contribution in [2.75, 3.05) is 5.32 Å². The molecule has 2 aromatic heterocycles. The maximum atomic E-state index is 13.8. The normalized spacial score (nSPS) is 12.4. The van der Waals surface area contributed by atoms with Gasteiger partial charge in [0.25, 0.3) is 5.91 Å². The van der Waals surface area contributed by atoms with Crippen LogP contribution in [-0.4, -0.2) is 32.7 Å². The van der Waals surface area contributed by atoms with E-state index in [2.05, 4.69) is 15.4 Å². The van der Waals surface area contributed by atoms with Crippen molar-refractivity contribution >= 4 is 28.6 Å². The van der Waals surface area contributed by atoms with Crippen LogP contribution in [0.4, 0.5) is 14.5 Å². The number of hydrogen-bond acceptors (Lipinski definition) is 5. The molecule has 1 amide bonds. The lowest BCUT2D eigenvalue weighted by atomic mass is 10.1. The number of carbonyl (C=O) groups is 2. The van der Waals surface area contributed by atoms with Crippen LogP contribution >= 0.6 is 0 Å². The van der Waals surface area contributed by atoms with Gasteiger partial charge >= 0.3 is 5.97 Å². The first-order chi connectivity index (χ1) is 14.6. The Hall–Kier alpha value is -3.36. The molecule has 1 N–H and O–H groups in total. The smallest absolute Gasteiger partial charge is 0.339 e. The molecule has 1 aromatic carbocycles. The first-order valence-electron chi connectivity index (χ1n) is 9.93. The summed E-state index contributed by atoms with van der Waals surface area (Å²) in [6.45, 7) is 9.15. The molecule has 0 fully saturated rings. The number of hydrogen-bond donors (Lipinski definition) is 1. The molecule has 1 atom stereocenters. The van der Waals surface area contributed by atoms with Crippen LogP contribution in [0, 0.1) is 11.6 Å². The first kappa shape index (κ1) is 22.3. The number of rotatable bonds is 6. The minimum absolute atomic E-state index is 0.0298. The van der Waals surface area contributed by atoms with E-state index >= 15 is 0 Å². The van der Waals surface area contributed by atoms with E-state index in [9.17, 15) is 18.4 Å². The Morgan fingerprint density at radius 1 is 1.10 bits per heavy atom. The highest BCUT2D eigenvalue weighted by molar-refractivity contribution is 6.04. The summed E-state index contributed by atoms with van der Waals surface area (Å²) in [5, 5.41) is 7.06. The van der Waals surface area contributed by atoms with E-state index in [0.29, 0.717) is 16.7 Å².